The fraction of sp³-hybridized carbons (Fsp3) is 0.227. The van der Waals surface area contributed by atoms with Gasteiger partial charge in [0.1, 0.15) is 5.60 Å². The number of benzene rings is 2. The molecule has 0 saturated heterocycles. The van der Waals surface area contributed by atoms with Crippen LogP contribution in [0.25, 0.3) is 10.9 Å². The summed E-state index contributed by atoms with van der Waals surface area (Å²) < 4.78 is 5.19. The molecule has 3 aromatic rings. The zero-order valence-electron chi connectivity index (χ0n) is 17.0. The van der Waals surface area contributed by atoms with Gasteiger partial charge in [0.25, 0.3) is 5.91 Å². The van der Waals surface area contributed by atoms with E-state index in [1.807, 2.05) is 24.3 Å². The number of H-pyrrole nitrogens is 1. The summed E-state index contributed by atoms with van der Waals surface area (Å²) in [5.41, 5.74) is 6.62. The van der Waals surface area contributed by atoms with Crippen LogP contribution in [0.1, 0.15) is 36.7 Å². The van der Waals surface area contributed by atoms with Crippen LogP contribution in [0.3, 0.4) is 0 Å². The lowest BCUT2D eigenvalue weighted by atomic mass is 10.1. The van der Waals surface area contributed by atoms with Gasteiger partial charge >= 0.3 is 6.09 Å². The monoisotopic (exact) mass is 408 g/mol. The third-order valence-electron chi connectivity index (χ3n) is 4.11. The van der Waals surface area contributed by atoms with E-state index in [9.17, 15) is 14.4 Å². The van der Waals surface area contributed by atoms with Crippen molar-refractivity contribution in [1.29, 1.82) is 0 Å². The molecule has 0 fully saturated rings. The second-order valence-electron chi connectivity index (χ2n) is 7.75. The van der Waals surface area contributed by atoms with Gasteiger partial charge in [-0.25, -0.2) is 4.79 Å². The maximum absolute atomic E-state index is 12.4. The minimum atomic E-state index is -0.631. The summed E-state index contributed by atoms with van der Waals surface area (Å²) in [5, 5.41) is 3.53. The summed E-state index contributed by atoms with van der Waals surface area (Å²) >= 11 is 0. The maximum Gasteiger partial charge on any atom is 0.412 e. The molecule has 0 aliphatic carbocycles. The number of hydrazine groups is 1. The molecule has 0 radical (unpaired) electrons. The largest absolute Gasteiger partial charge is 0.444 e. The van der Waals surface area contributed by atoms with Crippen LogP contribution in [0.2, 0.25) is 0 Å². The molecule has 8 heteroatoms. The Balaban J connectivity index is 1.55. The number of amides is 3. The lowest BCUT2D eigenvalue weighted by Gasteiger charge is -2.19. The summed E-state index contributed by atoms with van der Waals surface area (Å²) in [7, 11) is 0. The van der Waals surface area contributed by atoms with E-state index in [4.69, 9.17) is 4.74 Å². The summed E-state index contributed by atoms with van der Waals surface area (Å²) in [4.78, 5) is 39.6. The summed E-state index contributed by atoms with van der Waals surface area (Å²) in [5.74, 6) is -0.855. The van der Waals surface area contributed by atoms with Crippen LogP contribution in [-0.2, 0) is 16.0 Å². The van der Waals surface area contributed by atoms with Crippen molar-refractivity contribution in [2.45, 2.75) is 32.8 Å². The number of nitrogens with one attached hydrogen (secondary N) is 4. The Morgan fingerprint density at radius 3 is 2.53 bits per heavy atom. The first-order valence-electron chi connectivity index (χ1n) is 9.45. The molecule has 0 atom stereocenters. The molecule has 0 aliphatic rings. The van der Waals surface area contributed by atoms with E-state index >= 15 is 0 Å². The zero-order valence-corrected chi connectivity index (χ0v) is 17.0. The van der Waals surface area contributed by atoms with Gasteiger partial charge in [-0.1, -0.05) is 24.3 Å². The van der Waals surface area contributed by atoms with Crippen molar-refractivity contribution in [2.24, 2.45) is 0 Å². The molecule has 4 N–H and O–H groups in total. The van der Waals surface area contributed by atoms with E-state index in [-0.39, 0.29) is 17.9 Å². The second kappa shape index (κ2) is 8.69. The minimum Gasteiger partial charge on any atom is -0.444 e. The fourth-order valence-corrected chi connectivity index (χ4v) is 2.85. The van der Waals surface area contributed by atoms with E-state index in [1.165, 1.54) is 6.07 Å². The van der Waals surface area contributed by atoms with E-state index in [0.29, 0.717) is 5.69 Å². The zero-order chi connectivity index (χ0) is 21.7. The molecule has 0 bridgehead atoms. The highest BCUT2D eigenvalue weighted by Crippen LogP contribution is 2.18. The number of aromatic nitrogens is 1. The number of aromatic amines is 1. The normalized spacial score (nSPS) is 11.0. The predicted molar refractivity (Wildman–Crippen MR) is 114 cm³/mol. The van der Waals surface area contributed by atoms with Gasteiger partial charge in [-0.2, -0.15) is 0 Å². The smallest absolute Gasteiger partial charge is 0.412 e. The molecule has 3 amide bonds. The van der Waals surface area contributed by atoms with E-state index < -0.39 is 17.6 Å². The number of anilines is 1. The van der Waals surface area contributed by atoms with Gasteiger partial charge in [0.2, 0.25) is 5.91 Å². The highest BCUT2D eigenvalue weighted by molar-refractivity contribution is 5.97. The van der Waals surface area contributed by atoms with Crippen molar-refractivity contribution in [2.75, 3.05) is 5.32 Å². The van der Waals surface area contributed by atoms with Crippen LogP contribution in [0.5, 0.6) is 0 Å². The Bertz CT molecular complexity index is 1080. The first-order chi connectivity index (χ1) is 14.2. The summed E-state index contributed by atoms with van der Waals surface area (Å²) in [6.45, 7) is 5.28. The van der Waals surface area contributed by atoms with Crippen molar-refractivity contribution in [3.05, 3.63) is 65.9 Å². The SMILES string of the molecule is CC(C)(C)OC(=O)Nc1cccc(C(=O)NNC(=O)Cc2c[nH]c3ccccc23)c1. The van der Waals surface area contributed by atoms with E-state index in [2.05, 4.69) is 21.2 Å². The number of hydrogen-bond acceptors (Lipinski definition) is 4. The van der Waals surface area contributed by atoms with Gasteiger partial charge in [0.15, 0.2) is 0 Å². The number of fused-ring (bicyclic) bond motifs is 1. The van der Waals surface area contributed by atoms with Crippen molar-refractivity contribution in [3.8, 4) is 0 Å². The molecular formula is C22H24N4O4. The second-order valence-corrected chi connectivity index (χ2v) is 7.75. The average Bonchev–Trinajstić information content (AvgIpc) is 3.07. The average molecular weight is 408 g/mol. The Morgan fingerprint density at radius 2 is 1.77 bits per heavy atom. The highest BCUT2D eigenvalue weighted by Gasteiger charge is 2.17. The number of carbonyl (C=O) groups excluding carboxylic acids is 3. The lowest BCUT2D eigenvalue weighted by Crippen LogP contribution is -2.42. The lowest BCUT2D eigenvalue weighted by molar-refractivity contribution is -0.121. The van der Waals surface area contributed by atoms with Crippen LogP contribution in [0, 0.1) is 0 Å². The van der Waals surface area contributed by atoms with Gasteiger partial charge in [-0.15, -0.1) is 0 Å². The van der Waals surface area contributed by atoms with Crippen LogP contribution in [0.4, 0.5) is 10.5 Å². The maximum atomic E-state index is 12.4. The quantitative estimate of drug-likeness (QED) is 0.495. The van der Waals surface area contributed by atoms with Crippen LogP contribution >= 0.6 is 0 Å². The third-order valence-corrected chi connectivity index (χ3v) is 4.11. The Labute approximate surface area is 174 Å². The van der Waals surface area contributed by atoms with Gasteiger partial charge in [0, 0.05) is 28.4 Å². The van der Waals surface area contributed by atoms with Crippen LogP contribution in [-0.4, -0.2) is 28.5 Å². The number of rotatable bonds is 4. The van der Waals surface area contributed by atoms with Gasteiger partial charge < -0.3 is 9.72 Å². The standard InChI is InChI=1S/C22H24N4O4/c1-22(2,3)30-21(29)24-16-8-6-7-14(11-16)20(28)26-25-19(27)12-15-13-23-18-10-5-4-9-17(15)18/h4-11,13,23H,12H2,1-3H3,(H,24,29)(H,25,27)(H,26,28). The molecule has 156 valence electrons. The third kappa shape index (κ3) is 5.60. The molecule has 2 aromatic carbocycles. The minimum absolute atomic E-state index is 0.116. The van der Waals surface area contributed by atoms with Crippen molar-refractivity contribution in [1.82, 2.24) is 15.8 Å². The molecule has 30 heavy (non-hydrogen) atoms. The number of ether oxygens (including phenoxy) is 1. The number of hydrogen-bond donors (Lipinski definition) is 4. The molecular weight excluding hydrogens is 384 g/mol. The van der Waals surface area contributed by atoms with Crippen molar-refractivity contribution in [3.63, 3.8) is 0 Å². The fourth-order valence-electron chi connectivity index (χ4n) is 2.85. The summed E-state index contributed by atoms with van der Waals surface area (Å²) in [6, 6.07) is 14.0. The molecule has 1 aromatic heterocycles. The van der Waals surface area contributed by atoms with E-state index in [0.717, 1.165) is 16.5 Å². The number of carbonyl (C=O) groups is 3. The van der Waals surface area contributed by atoms with Crippen molar-refractivity contribution >= 4 is 34.5 Å². The van der Waals surface area contributed by atoms with Gasteiger partial charge in [-0.3, -0.25) is 25.8 Å². The molecule has 0 saturated carbocycles. The molecule has 0 unspecified atom stereocenters. The molecule has 8 nitrogen and oxygen atoms in total. The first-order valence-corrected chi connectivity index (χ1v) is 9.45. The number of para-hydroxylation sites is 1. The van der Waals surface area contributed by atoms with E-state index in [1.54, 1.807) is 45.2 Å². The topological polar surface area (TPSA) is 112 Å². The Morgan fingerprint density at radius 1 is 1.00 bits per heavy atom. The van der Waals surface area contributed by atoms with Crippen LogP contribution in [0.15, 0.2) is 54.7 Å². The Hall–Kier alpha value is -3.81. The predicted octanol–water partition coefficient (Wildman–Crippen LogP) is 3.52. The Kier molecular flexibility index (Phi) is 6.06. The molecule has 0 spiro atoms. The molecule has 1 heterocycles. The molecule has 0 aliphatic heterocycles. The van der Waals surface area contributed by atoms with Crippen LogP contribution < -0.4 is 16.2 Å². The first kappa shape index (κ1) is 20.9. The highest BCUT2D eigenvalue weighted by atomic mass is 16.6. The van der Waals surface area contributed by atoms with Gasteiger partial charge in [0.05, 0.1) is 6.42 Å². The van der Waals surface area contributed by atoms with Gasteiger partial charge in [-0.05, 0) is 50.6 Å². The van der Waals surface area contributed by atoms with Crippen molar-refractivity contribution < 1.29 is 19.1 Å². The molecule has 3 rings (SSSR count). The summed E-state index contributed by atoms with van der Waals surface area (Å²) in [6.07, 6.45) is 1.27.